The maximum Gasteiger partial charge on any atom is 0.160 e. The van der Waals surface area contributed by atoms with Gasteiger partial charge in [-0.1, -0.05) is 133 Å². The van der Waals surface area contributed by atoms with E-state index in [4.69, 9.17) is 9.97 Å². The molecule has 0 aliphatic heterocycles. The van der Waals surface area contributed by atoms with Crippen LogP contribution in [0.3, 0.4) is 0 Å². The summed E-state index contributed by atoms with van der Waals surface area (Å²) in [6.07, 6.45) is 0. The molecule has 0 aliphatic rings. The molecular weight excluding hydrogens is 683 g/mol. The molecule has 0 N–H and O–H groups in total. The third-order valence-electron chi connectivity index (χ3n) is 11.0. The lowest BCUT2D eigenvalue weighted by Gasteiger charge is -2.14. The summed E-state index contributed by atoms with van der Waals surface area (Å²) in [6, 6.07) is 67.8. The zero-order valence-electron chi connectivity index (χ0n) is 30.1. The second kappa shape index (κ2) is 12.7. The van der Waals surface area contributed by atoms with Crippen LogP contribution < -0.4 is 0 Å². The van der Waals surface area contributed by atoms with E-state index < -0.39 is 0 Å². The highest BCUT2D eigenvalue weighted by atomic mass is 15.0. The molecule has 11 aromatic rings. The predicted molar refractivity (Wildman–Crippen MR) is 229 cm³/mol. The van der Waals surface area contributed by atoms with Gasteiger partial charge < -0.3 is 9.13 Å². The molecule has 0 unspecified atom stereocenters. The van der Waals surface area contributed by atoms with Crippen molar-refractivity contribution in [2.24, 2.45) is 0 Å². The average Bonchev–Trinajstić information content (AvgIpc) is 3.79. The fourth-order valence-corrected chi connectivity index (χ4v) is 8.54. The van der Waals surface area contributed by atoms with Gasteiger partial charge in [0, 0.05) is 49.6 Å². The van der Waals surface area contributed by atoms with Crippen LogP contribution in [0.4, 0.5) is 0 Å². The molecule has 0 aliphatic carbocycles. The summed E-state index contributed by atoms with van der Waals surface area (Å²) in [5, 5.41) is 17.8. The quantitative estimate of drug-likeness (QED) is 0.178. The SMILES string of the molecule is N#Cc1c(-c2ccc3ccccc3c2)nc(-c2ccccc2)nc1-c1cccc2c1c1c3c4ccccc4n(-c4ccccc4)c3ccc1n2-c1ccccc1. The summed E-state index contributed by atoms with van der Waals surface area (Å²) in [6.45, 7) is 0. The van der Waals surface area contributed by atoms with Crippen molar-refractivity contribution < 1.29 is 0 Å². The van der Waals surface area contributed by atoms with Crippen LogP contribution in [0.5, 0.6) is 0 Å². The first-order valence-electron chi connectivity index (χ1n) is 18.7. The van der Waals surface area contributed by atoms with E-state index in [2.05, 4.69) is 155 Å². The van der Waals surface area contributed by atoms with Gasteiger partial charge in [-0.15, -0.1) is 0 Å². The number of hydrogen-bond acceptors (Lipinski definition) is 3. The van der Waals surface area contributed by atoms with Crippen LogP contribution in [0.25, 0.3) is 99.7 Å². The van der Waals surface area contributed by atoms with Gasteiger partial charge in [0.15, 0.2) is 5.82 Å². The van der Waals surface area contributed by atoms with E-state index in [9.17, 15) is 5.26 Å². The second-order valence-corrected chi connectivity index (χ2v) is 14.1. The van der Waals surface area contributed by atoms with E-state index in [0.29, 0.717) is 22.8 Å². The van der Waals surface area contributed by atoms with E-state index in [0.717, 1.165) is 82.4 Å². The summed E-state index contributed by atoms with van der Waals surface area (Å²) in [7, 11) is 0. The molecule has 11 rings (SSSR count). The summed E-state index contributed by atoms with van der Waals surface area (Å²) in [5.41, 5.74) is 10.8. The molecule has 0 bridgehead atoms. The van der Waals surface area contributed by atoms with Gasteiger partial charge in [-0.2, -0.15) is 5.26 Å². The largest absolute Gasteiger partial charge is 0.309 e. The Morgan fingerprint density at radius 3 is 1.71 bits per heavy atom. The molecule has 0 saturated heterocycles. The highest BCUT2D eigenvalue weighted by Gasteiger charge is 2.26. The fourth-order valence-electron chi connectivity index (χ4n) is 8.54. The van der Waals surface area contributed by atoms with Gasteiger partial charge in [-0.25, -0.2) is 9.97 Å². The molecule has 0 saturated carbocycles. The third-order valence-corrected chi connectivity index (χ3v) is 11.0. The van der Waals surface area contributed by atoms with Crippen LogP contribution in [0.1, 0.15) is 5.56 Å². The standard InChI is InChI=1S/C51H31N5/c52-32-41-49(36-28-27-33-15-10-11-18-35(33)31-36)53-51(34-16-4-1-5-17-34)54-50(41)40-24-14-26-43-47(40)48-45(56(43)38-21-8-3-9-22-38)30-29-44-46(48)39-23-12-13-25-42(39)55(44)37-19-6-2-7-20-37/h1-31H. The van der Waals surface area contributed by atoms with E-state index in [1.165, 1.54) is 0 Å². The van der Waals surface area contributed by atoms with Crippen LogP contribution in [0.2, 0.25) is 0 Å². The summed E-state index contributed by atoms with van der Waals surface area (Å²) in [4.78, 5) is 10.5. The van der Waals surface area contributed by atoms with Crippen molar-refractivity contribution in [2.45, 2.75) is 0 Å². The zero-order chi connectivity index (χ0) is 37.2. The van der Waals surface area contributed by atoms with Gasteiger partial charge in [0.1, 0.15) is 11.6 Å². The van der Waals surface area contributed by atoms with Gasteiger partial charge >= 0.3 is 0 Å². The lowest BCUT2D eigenvalue weighted by Crippen LogP contribution is -2.01. The number of benzene rings is 8. The molecule has 3 aromatic heterocycles. The normalized spacial score (nSPS) is 11.6. The summed E-state index contributed by atoms with van der Waals surface area (Å²) in [5.74, 6) is 0.567. The first-order valence-corrected chi connectivity index (χ1v) is 18.7. The molecule has 8 aromatic carbocycles. The van der Waals surface area contributed by atoms with Crippen molar-refractivity contribution >= 4 is 54.4 Å². The molecule has 3 heterocycles. The highest BCUT2D eigenvalue weighted by Crippen LogP contribution is 2.46. The Bertz CT molecular complexity index is 3350. The van der Waals surface area contributed by atoms with Gasteiger partial charge in [-0.3, -0.25) is 0 Å². The molecule has 56 heavy (non-hydrogen) atoms. The maximum atomic E-state index is 11.2. The fraction of sp³-hybridized carbons (Fsp3) is 0. The molecule has 260 valence electrons. The predicted octanol–water partition coefficient (Wildman–Crippen LogP) is 12.7. The minimum atomic E-state index is 0.437. The number of rotatable bonds is 5. The van der Waals surface area contributed by atoms with Crippen molar-refractivity contribution in [1.82, 2.24) is 19.1 Å². The Labute approximate surface area is 322 Å². The lowest BCUT2D eigenvalue weighted by molar-refractivity contribution is 1.17. The van der Waals surface area contributed by atoms with E-state index in [-0.39, 0.29) is 0 Å². The van der Waals surface area contributed by atoms with Crippen LogP contribution in [-0.4, -0.2) is 19.1 Å². The van der Waals surface area contributed by atoms with Crippen LogP contribution in [-0.2, 0) is 0 Å². The number of hydrogen-bond donors (Lipinski definition) is 0. The van der Waals surface area contributed by atoms with Crippen LogP contribution in [0, 0.1) is 11.3 Å². The van der Waals surface area contributed by atoms with Gasteiger partial charge in [0.25, 0.3) is 0 Å². The zero-order valence-corrected chi connectivity index (χ0v) is 30.1. The molecule has 5 heteroatoms. The van der Waals surface area contributed by atoms with Crippen molar-refractivity contribution in [2.75, 3.05) is 0 Å². The minimum absolute atomic E-state index is 0.437. The Kier molecular flexibility index (Phi) is 7.16. The number of aromatic nitrogens is 4. The first kappa shape index (κ1) is 31.7. The lowest BCUT2D eigenvalue weighted by atomic mass is 9.95. The molecule has 0 spiro atoms. The number of para-hydroxylation sites is 3. The van der Waals surface area contributed by atoms with E-state index in [1.54, 1.807) is 0 Å². The van der Waals surface area contributed by atoms with Gasteiger partial charge in [0.2, 0.25) is 0 Å². The molecule has 0 atom stereocenters. The Hall–Kier alpha value is -7.81. The molecule has 0 fully saturated rings. The summed E-state index contributed by atoms with van der Waals surface area (Å²) < 4.78 is 4.70. The molecule has 5 nitrogen and oxygen atoms in total. The first-order chi connectivity index (χ1) is 27.8. The Balaban J connectivity index is 1.32. The number of nitriles is 1. The smallest absolute Gasteiger partial charge is 0.160 e. The average molecular weight is 714 g/mol. The van der Waals surface area contributed by atoms with Crippen molar-refractivity contribution in [3.63, 3.8) is 0 Å². The van der Waals surface area contributed by atoms with E-state index >= 15 is 0 Å². The third kappa shape index (κ3) is 4.80. The molecule has 0 radical (unpaired) electrons. The van der Waals surface area contributed by atoms with Crippen LogP contribution in [0.15, 0.2) is 188 Å². The van der Waals surface area contributed by atoms with Gasteiger partial charge in [0.05, 0.1) is 33.5 Å². The van der Waals surface area contributed by atoms with E-state index in [1.807, 2.05) is 48.5 Å². The van der Waals surface area contributed by atoms with Crippen molar-refractivity contribution in [3.05, 3.63) is 194 Å². The van der Waals surface area contributed by atoms with Crippen molar-refractivity contribution in [1.29, 1.82) is 5.26 Å². The van der Waals surface area contributed by atoms with Gasteiger partial charge in [-0.05, 0) is 65.4 Å². The second-order valence-electron chi connectivity index (χ2n) is 14.1. The molecular formula is C51H31N5. The highest BCUT2D eigenvalue weighted by molar-refractivity contribution is 6.31. The van der Waals surface area contributed by atoms with Crippen LogP contribution >= 0.6 is 0 Å². The maximum absolute atomic E-state index is 11.2. The van der Waals surface area contributed by atoms with Crippen molar-refractivity contribution in [3.8, 4) is 51.3 Å². The number of nitrogens with zero attached hydrogens (tertiary/aromatic N) is 5. The monoisotopic (exact) mass is 713 g/mol. The Morgan fingerprint density at radius 2 is 0.982 bits per heavy atom. The number of fused-ring (bicyclic) bond motifs is 8. The minimum Gasteiger partial charge on any atom is -0.309 e. The Morgan fingerprint density at radius 1 is 0.411 bits per heavy atom. The topological polar surface area (TPSA) is 59.4 Å². The molecule has 0 amide bonds. The summed E-state index contributed by atoms with van der Waals surface area (Å²) >= 11 is 0.